The molecule has 1 aromatic heterocycles. The van der Waals surface area contributed by atoms with E-state index < -0.39 is 0 Å². The van der Waals surface area contributed by atoms with E-state index in [2.05, 4.69) is 29.0 Å². The van der Waals surface area contributed by atoms with Crippen LogP contribution < -0.4 is 10.5 Å². The van der Waals surface area contributed by atoms with Crippen LogP contribution in [-0.4, -0.2) is 18.2 Å². The molecule has 3 nitrogen and oxygen atoms in total. The molecule has 0 bridgehead atoms. The molecule has 0 aliphatic rings. The van der Waals surface area contributed by atoms with Gasteiger partial charge < -0.3 is 15.0 Å². The van der Waals surface area contributed by atoms with E-state index in [-0.39, 0.29) is 0 Å². The highest BCUT2D eigenvalue weighted by atomic mass is 16.5. The van der Waals surface area contributed by atoms with Gasteiger partial charge in [0.25, 0.3) is 0 Å². The lowest BCUT2D eigenvalue weighted by Gasteiger charge is -2.08. The molecule has 2 aromatic rings. The van der Waals surface area contributed by atoms with Crippen molar-refractivity contribution in [2.45, 2.75) is 6.42 Å². The summed E-state index contributed by atoms with van der Waals surface area (Å²) in [6.07, 6.45) is 2.90. The first-order valence-electron chi connectivity index (χ1n) is 5.08. The van der Waals surface area contributed by atoms with Gasteiger partial charge in [0.15, 0.2) is 0 Å². The Hall–Kier alpha value is -1.48. The van der Waals surface area contributed by atoms with Crippen LogP contribution in [-0.2, 0) is 13.5 Å². The second-order valence-corrected chi connectivity index (χ2v) is 3.69. The third-order valence-corrected chi connectivity index (χ3v) is 2.70. The normalized spacial score (nSPS) is 10.9. The molecule has 0 radical (unpaired) electrons. The minimum absolute atomic E-state index is 0.645. The molecule has 1 heterocycles. The maximum absolute atomic E-state index is 5.58. The fourth-order valence-corrected chi connectivity index (χ4v) is 1.88. The Morgan fingerprint density at radius 2 is 2.20 bits per heavy atom. The number of methoxy groups -OCH3 is 1. The maximum Gasteiger partial charge on any atom is 0.122 e. The summed E-state index contributed by atoms with van der Waals surface area (Å²) in [6.45, 7) is 0.645. The van der Waals surface area contributed by atoms with Crippen LogP contribution in [0, 0.1) is 0 Å². The van der Waals surface area contributed by atoms with Gasteiger partial charge in [-0.3, -0.25) is 0 Å². The van der Waals surface area contributed by atoms with Crippen LogP contribution in [0.5, 0.6) is 5.75 Å². The summed E-state index contributed by atoms with van der Waals surface area (Å²) < 4.78 is 7.46. The van der Waals surface area contributed by atoms with E-state index in [9.17, 15) is 0 Å². The van der Waals surface area contributed by atoms with Gasteiger partial charge in [-0.05, 0) is 36.7 Å². The van der Waals surface area contributed by atoms with Gasteiger partial charge in [-0.25, -0.2) is 0 Å². The molecule has 2 rings (SSSR count). The van der Waals surface area contributed by atoms with Crippen molar-refractivity contribution in [1.29, 1.82) is 0 Å². The predicted molar refractivity (Wildman–Crippen MR) is 62.2 cm³/mol. The zero-order chi connectivity index (χ0) is 10.8. The Balaban J connectivity index is 2.60. The van der Waals surface area contributed by atoms with Crippen molar-refractivity contribution in [3.8, 4) is 5.75 Å². The van der Waals surface area contributed by atoms with E-state index >= 15 is 0 Å². The number of benzene rings is 1. The fourth-order valence-electron chi connectivity index (χ4n) is 1.88. The standard InChI is InChI=1S/C12H16N2O/c1-14-6-4-9-8-12(15-2)10(3-5-13)7-11(9)14/h4,6-8H,3,5,13H2,1-2H3. The molecule has 2 N–H and O–H groups in total. The van der Waals surface area contributed by atoms with Crippen LogP contribution in [0.2, 0.25) is 0 Å². The molecule has 1 aromatic carbocycles. The Kier molecular flexibility index (Phi) is 2.64. The first kappa shape index (κ1) is 10.1. The lowest BCUT2D eigenvalue weighted by Crippen LogP contribution is -2.04. The van der Waals surface area contributed by atoms with Gasteiger partial charge in [0.1, 0.15) is 5.75 Å². The average Bonchev–Trinajstić information content (AvgIpc) is 2.60. The molecule has 0 saturated heterocycles. The van der Waals surface area contributed by atoms with Crippen LogP contribution in [0.15, 0.2) is 24.4 Å². The van der Waals surface area contributed by atoms with Crippen molar-refractivity contribution in [2.24, 2.45) is 12.8 Å². The van der Waals surface area contributed by atoms with E-state index in [1.54, 1.807) is 7.11 Å². The molecular formula is C12H16N2O. The summed E-state index contributed by atoms with van der Waals surface area (Å²) in [5.41, 5.74) is 7.98. The van der Waals surface area contributed by atoms with Gasteiger partial charge in [-0.15, -0.1) is 0 Å². The summed E-state index contributed by atoms with van der Waals surface area (Å²) in [7, 11) is 3.74. The van der Waals surface area contributed by atoms with Crippen molar-refractivity contribution >= 4 is 10.9 Å². The van der Waals surface area contributed by atoms with Crippen molar-refractivity contribution in [1.82, 2.24) is 4.57 Å². The largest absolute Gasteiger partial charge is 0.496 e. The maximum atomic E-state index is 5.58. The number of rotatable bonds is 3. The molecule has 0 saturated carbocycles. The van der Waals surface area contributed by atoms with Crippen molar-refractivity contribution in [2.75, 3.05) is 13.7 Å². The predicted octanol–water partition coefficient (Wildman–Crippen LogP) is 1.69. The zero-order valence-corrected chi connectivity index (χ0v) is 9.16. The third kappa shape index (κ3) is 1.70. The summed E-state index contributed by atoms with van der Waals surface area (Å²) in [4.78, 5) is 0. The second-order valence-electron chi connectivity index (χ2n) is 3.69. The minimum atomic E-state index is 0.645. The van der Waals surface area contributed by atoms with Gasteiger partial charge in [0, 0.05) is 24.1 Å². The monoisotopic (exact) mass is 204 g/mol. The topological polar surface area (TPSA) is 40.2 Å². The number of hydrogen-bond acceptors (Lipinski definition) is 2. The quantitative estimate of drug-likeness (QED) is 0.826. The highest BCUT2D eigenvalue weighted by molar-refractivity contribution is 5.82. The van der Waals surface area contributed by atoms with Gasteiger partial charge in [-0.1, -0.05) is 0 Å². The molecule has 0 atom stereocenters. The Labute approximate surface area is 89.4 Å². The molecular weight excluding hydrogens is 188 g/mol. The second kappa shape index (κ2) is 3.95. The van der Waals surface area contributed by atoms with Gasteiger partial charge in [0.2, 0.25) is 0 Å². The summed E-state index contributed by atoms with van der Waals surface area (Å²) >= 11 is 0. The Morgan fingerprint density at radius 1 is 1.40 bits per heavy atom. The summed E-state index contributed by atoms with van der Waals surface area (Å²) in [5, 5.41) is 1.20. The van der Waals surface area contributed by atoms with Crippen molar-refractivity contribution in [3.05, 3.63) is 30.0 Å². The lowest BCUT2D eigenvalue weighted by atomic mass is 10.1. The number of fused-ring (bicyclic) bond motifs is 1. The van der Waals surface area contributed by atoms with Gasteiger partial charge >= 0.3 is 0 Å². The van der Waals surface area contributed by atoms with E-state index in [1.165, 1.54) is 16.5 Å². The Morgan fingerprint density at radius 3 is 2.87 bits per heavy atom. The molecule has 3 heteroatoms. The highest BCUT2D eigenvalue weighted by Gasteiger charge is 2.06. The van der Waals surface area contributed by atoms with Crippen molar-refractivity contribution in [3.63, 3.8) is 0 Å². The SMILES string of the molecule is COc1cc2ccn(C)c2cc1CCN. The number of ether oxygens (including phenoxy) is 1. The molecule has 15 heavy (non-hydrogen) atoms. The number of nitrogens with zero attached hydrogens (tertiary/aromatic N) is 1. The molecule has 0 spiro atoms. The zero-order valence-electron chi connectivity index (χ0n) is 9.16. The third-order valence-electron chi connectivity index (χ3n) is 2.70. The van der Waals surface area contributed by atoms with Crippen molar-refractivity contribution < 1.29 is 4.74 Å². The van der Waals surface area contributed by atoms with Crippen LogP contribution >= 0.6 is 0 Å². The van der Waals surface area contributed by atoms with Gasteiger partial charge in [-0.2, -0.15) is 0 Å². The summed E-state index contributed by atoms with van der Waals surface area (Å²) in [6, 6.07) is 6.31. The molecule has 0 aliphatic heterocycles. The molecule has 0 unspecified atom stereocenters. The first-order chi connectivity index (χ1) is 7.26. The number of aryl methyl sites for hydroxylation is 1. The molecule has 0 fully saturated rings. The first-order valence-corrected chi connectivity index (χ1v) is 5.08. The minimum Gasteiger partial charge on any atom is -0.496 e. The fraction of sp³-hybridized carbons (Fsp3) is 0.333. The van der Waals surface area contributed by atoms with Crippen LogP contribution in [0.1, 0.15) is 5.56 Å². The molecule has 0 amide bonds. The summed E-state index contributed by atoms with van der Waals surface area (Å²) in [5.74, 6) is 0.930. The van der Waals surface area contributed by atoms with E-state index in [0.29, 0.717) is 6.54 Å². The van der Waals surface area contributed by atoms with Gasteiger partial charge in [0.05, 0.1) is 7.11 Å². The average molecular weight is 204 g/mol. The molecule has 0 aliphatic carbocycles. The number of aromatic nitrogens is 1. The van der Waals surface area contributed by atoms with Crippen LogP contribution in [0.25, 0.3) is 10.9 Å². The smallest absolute Gasteiger partial charge is 0.122 e. The molecule has 80 valence electrons. The number of hydrogen-bond donors (Lipinski definition) is 1. The van der Waals surface area contributed by atoms with E-state index in [4.69, 9.17) is 10.5 Å². The lowest BCUT2D eigenvalue weighted by molar-refractivity contribution is 0.410. The Bertz CT molecular complexity index is 474. The van der Waals surface area contributed by atoms with Crippen LogP contribution in [0.3, 0.4) is 0 Å². The van der Waals surface area contributed by atoms with E-state index in [0.717, 1.165) is 12.2 Å². The van der Waals surface area contributed by atoms with Crippen LogP contribution in [0.4, 0.5) is 0 Å². The van der Waals surface area contributed by atoms with E-state index in [1.807, 2.05) is 7.05 Å². The number of nitrogens with two attached hydrogens (primary N) is 1. The highest BCUT2D eigenvalue weighted by Crippen LogP contribution is 2.26.